The average molecular weight is 454 g/mol. The molecule has 1 aliphatic rings. The largest absolute Gasteiger partial charge is 0.322 e. The monoisotopic (exact) mass is 453 g/mol. The summed E-state index contributed by atoms with van der Waals surface area (Å²) in [4.78, 5) is 25.7. The lowest BCUT2D eigenvalue weighted by atomic mass is 9.99. The van der Waals surface area contributed by atoms with E-state index in [1.165, 1.54) is 6.26 Å². The van der Waals surface area contributed by atoms with E-state index in [0.717, 1.165) is 25.9 Å². The summed E-state index contributed by atoms with van der Waals surface area (Å²) >= 11 is 0. The molecule has 9 heteroatoms. The highest BCUT2D eigenvalue weighted by Gasteiger charge is 2.19. The number of hydrogen-bond acceptors (Lipinski definition) is 5. The highest BCUT2D eigenvalue weighted by atomic mass is 35.5. The van der Waals surface area contributed by atoms with Crippen LogP contribution in [-0.4, -0.2) is 38.2 Å². The molecular formula is C21H28ClN3O4S. The summed E-state index contributed by atoms with van der Waals surface area (Å²) in [5.74, 6) is -0.137. The van der Waals surface area contributed by atoms with Crippen molar-refractivity contribution in [2.24, 2.45) is 5.92 Å². The van der Waals surface area contributed by atoms with Crippen molar-refractivity contribution in [1.82, 2.24) is 9.88 Å². The van der Waals surface area contributed by atoms with Crippen LogP contribution in [0.3, 0.4) is 0 Å². The number of aromatic nitrogens is 1. The topological polar surface area (TPSA) is 97.3 Å². The zero-order chi connectivity index (χ0) is 21.0. The number of sulfone groups is 1. The molecule has 2 aromatic rings. The van der Waals surface area contributed by atoms with Crippen molar-refractivity contribution in [2.75, 3.05) is 24.7 Å². The van der Waals surface area contributed by atoms with E-state index in [1.54, 1.807) is 48.0 Å². The molecule has 0 bridgehead atoms. The van der Waals surface area contributed by atoms with Gasteiger partial charge in [0.25, 0.3) is 11.5 Å². The van der Waals surface area contributed by atoms with E-state index in [9.17, 15) is 18.0 Å². The van der Waals surface area contributed by atoms with Gasteiger partial charge in [-0.05, 0) is 68.1 Å². The Kier molecular flexibility index (Phi) is 8.23. The second-order valence-corrected chi connectivity index (χ2v) is 9.90. The molecular weight excluding hydrogens is 426 g/mol. The first kappa shape index (κ1) is 24.1. The van der Waals surface area contributed by atoms with Crippen LogP contribution in [0.5, 0.6) is 0 Å². The van der Waals surface area contributed by atoms with Crippen LogP contribution in [0.4, 0.5) is 5.69 Å². The maximum atomic E-state index is 12.9. The molecule has 0 spiro atoms. The maximum Gasteiger partial charge on any atom is 0.263 e. The third-order valence-corrected chi connectivity index (χ3v) is 5.95. The molecule has 1 atom stereocenters. The number of piperidine rings is 1. The number of benzene rings is 1. The summed E-state index contributed by atoms with van der Waals surface area (Å²) in [5.41, 5.74) is 1.63. The minimum absolute atomic E-state index is 0. The number of halogens is 1. The minimum atomic E-state index is -3.12. The van der Waals surface area contributed by atoms with Crippen LogP contribution < -0.4 is 16.2 Å². The molecule has 0 aliphatic carbocycles. The standard InChI is InChI=1S/C21H27N3O4S.ClH/c1-15-9-11-24(13-17-4-3-10-22-12-17)21(26)19(15)20(25)23-18-7-5-16(6-8-18)14-29(2,27)28;/h5-9,11,17,22H,3-4,10,12-14H2,1-2H3,(H,23,25);1H. The first-order valence-corrected chi connectivity index (χ1v) is 11.8. The van der Waals surface area contributed by atoms with Gasteiger partial charge in [0.05, 0.1) is 5.75 Å². The van der Waals surface area contributed by atoms with Gasteiger partial charge in [-0.25, -0.2) is 8.42 Å². The molecule has 2 heterocycles. The van der Waals surface area contributed by atoms with E-state index < -0.39 is 15.7 Å². The fourth-order valence-corrected chi connectivity index (χ4v) is 4.42. The maximum absolute atomic E-state index is 12.9. The molecule has 0 saturated carbocycles. The van der Waals surface area contributed by atoms with Crippen molar-refractivity contribution in [1.29, 1.82) is 0 Å². The number of amides is 1. The summed E-state index contributed by atoms with van der Waals surface area (Å²) in [6.45, 7) is 4.22. The number of nitrogens with zero attached hydrogens (tertiary/aromatic N) is 1. The number of pyridine rings is 1. The van der Waals surface area contributed by atoms with Crippen molar-refractivity contribution in [3.8, 4) is 0 Å². The van der Waals surface area contributed by atoms with E-state index in [1.807, 2.05) is 0 Å². The highest BCUT2D eigenvalue weighted by molar-refractivity contribution is 7.89. The van der Waals surface area contributed by atoms with Gasteiger partial charge in [0, 0.05) is 24.7 Å². The van der Waals surface area contributed by atoms with Crippen molar-refractivity contribution in [2.45, 2.75) is 32.1 Å². The van der Waals surface area contributed by atoms with E-state index in [0.29, 0.717) is 29.3 Å². The Morgan fingerprint density at radius 1 is 1.23 bits per heavy atom. The lowest BCUT2D eigenvalue weighted by molar-refractivity contribution is 0.102. The van der Waals surface area contributed by atoms with Crippen molar-refractivity contribution >= 4 is 33.8 Å². The molecule has 30 heavy (non-hydrogen) atoms. The van der Waals surface area contributed by atoms with Gasteiger partial charge in [-0.3, -0.25) is 9.59 Å². The van der Waals surface area contributed by atoms with Gasteiger partial charge >= 0.3 is 0 Å². The normalized spacial score (nSPS) is 16.5. The van der Waals surface area contributed by atoms with Gasteiger partial charge in [0.1, 0.15) is 5.56 Å². The van der Waals surface area contributed by atoms with E-state index in [4.69, 9.17) is 0 Å². The molecule has 0 radical (unpaired) electrons. The van der Waals surface area contributed by atoms with Crippen molar-refractivity contribution in [3.63, 3.8) is 0 Å². The molecule has 7 nitrogen and oxygen atoms in total. The fraction of sp³-hybridized carbons (Fsp3) is 0.429. The summed E-state index contributed by atoms with van der Waals surface area (Å²) in [6.07, 6.45) is 5.08. The second-order valence-electron chi connectivity index (χ2n) is 7.76. The predicted molar refractivity (Wildman–Crippen MR) is 121 cm³/mol. The number of hydrogen-bond donors (Lipinski definition) is 2. The average Bonchev–Trinajstić information content (AvgIpc) is 2.65. The Morgan fingerprint density at radius 2 is 1.93 bits per heavy atom. The first-order chi connectivity index (χ1) is 13.7. The molecule has 1 unspecified atom stereocenters. The number of aryl methyl sites for hydroxylation is 1. The molecule has 1 aliphatic heterocycles. The SMILES string of the molecule is Cc1ccn(CC2CCCNC2)c(=O)c1C(=O)Nc1ccc(CS(C)(=O)=O)cc1.Cl. The third-order valence-electron chi connectivity index (χ3n) is 5.10. The Morgan fingerprint density at radius 3 is 2.53 bits per heavy atom. The molecule has 1 fully saturated rings. The van der Waals surface area contributed by atoms with Gasteiger partial charge in [-0.15, -0.1) is 12.4 Å². The summed E-state index contributed by atoms with van der Waals surface area (Å²) in [5, 5.41) is 6.09. The van der Waals surface area contributed by atoms with Gasteiger partial charge < -0.3 is 15.2 Å². The Balaban J connectivity index is 0.00000320. The molecule has 1 saturated heterocycles. The smallest absolute Gasteiger partial charge is 0.263 e. The van der Waals surface area contributed by atoms with Gasteiger partial charge in [0.15, 0.2) is 9.84 Å². The summed E-state index contributed by atoms with van der Waals surface area (Å²) in [7, 11) is -3.12. The number of anilines is 1. The molecule has 1 aromatic heterocycles. The quantitative estimate of drug-likeness (QED) is 0.699. The number of nitrogens with one attached hydrogen (secondary N) is 2. The second kappa shape index (κ2) is 10.2. The van der Waals surface area contributed by atoms with Crippen LogP contribution in [-0.2, 0) is 22.1 Å². The fourth-order valence-electron chi connectivity index (χ4n) is 3.62. The first-order valence-electron chi connectivity index (χ1n) is 9.72. The molecule has 164 valence electrons. The van der Waals surface area contributed by atoms with E-state index >= 15 is 0 Å². The Bertz CT molecular complexity index is 1040. The number of carbonyl (C=O) groups is 1. The highest BCUT2D eigenvalue weighted by Crippen LogP contribution is 2.15. The van der Waals surface area contributed by atoms with Crippen LogP contribution in [0.2, 0.25) is 0 Å². The summed E-state index contributed by atoms with van der Waals surface area (Å²) < 4.78 is 24.4. The minimum Gasteiger partial charge on any atom is -0.322 e. The van der Waals surface area contributed by atoms with Gasteiger partial charge in [0.2, 0.25) is 0 Å². The van der Waals surface area contributed by atoms with Crippen LogP contribution in [0.25, 0.3) is 0 Å². The summed E-state index contributed by atoms with van der Waals surface area (Å²) in [6, 6.07) is 8.39. The Labute approximate surface area is 183 Å². The van der Waals surface area contributed by atoms with Crippen LogP contribution in [0.15, 0.2) is 41.3 Å². The van der Waals surface area contributed by atoms with Crippen molar-refractivity contribution in [3.05, 3.63) is 63.6 Å². The molecule has 3 rings (SSSR count). The lowest BCUT2D eigenvalue weighted by Gasteiger charge is -2.23. The number of carbonyl (C=O) groups excluding carboxylic acids is 1. The van der Waals surface area contributed by atoms with Crippen LogP contribution in [0.1, 0.15) is 34.3 Å². The van der Waals surface area contributed by atoms with Gasteiger partial charge in [-0.1, -0.05) is 12.1 Å². The lowest BCUT2D eigenvalue weighted by Crippen LogP contribution is -2.36. The van der Waals surface area contributed by atoms with Gasteiger partial charge in [-0.2, -0.15) is 0 Å². The van der Waals surface area contributed by atoms with Crippen molar-refractivity contribution < 1.29 is 13.2 Å². The Hall–Kier alpha value is -2.16. The number of rotatable bonds is 6. The predicted octanol–water partition coefficient (Wildman–Crippen LogP) is 2.38. The molecule has 1 amide bonds. The van der Waals surface area contributed by atoms with E-state index in [-0.39, 0.29) is 29.3 Å². The van der Waals surface area contributed by atoms with Crippen LogP contribution in [0, 0.1) is 12.8 Å². The molecule has 1 aromatic carbocycles. The molecule has 2 N–H and O–H groups in total. The zero-order valence-electron chi connectivity index (χ0n) is 17.2. The third kappa shape index (κ3) is 6.42. The zero-order valence-corrected chi connectivity index (χ0v) is 18.8. The van der Waals surface area contributed by atoms with E-state index in [2.05, 4.69) is 10.6 Å². The van der Waals surface area contributed by atoms with Crippen LogP contribution >= 0.6 is 12.4 Å².